The van der Waals surface area contributed by atoms with Crippen molar-refractivity contribution in [3.63, 3.8) is 0 Å². The Bertz CT molecular complexity index is 596. The molecule has 2 aromatic rings. The lowest BCUT2D eigenvalue weighted by molar-refractivity contribution is 0.102. The van der Waals surface area contributed by atoms with Gasteiger partial charge in [0.15, 0.2) is 0 Å². The fourth-order valence-corrected chi connectivity index (χ4v) is 2.75. The van der Waals surface area contributed by atoms with Crippen LogP contribution in [-0.4, -0.2) is 12.2 Å². The van der Waals surface area contributed by atoms with Gasteiger partial charge in [0.25, 0.3) is 5.91 Å². The van der Waals surface area contributed by atoms with Gasteiger partial charge in [0.1, 0.15) is 0 Å². The molecule has 0 aliphatic rings. The first-order chi connectivity index (χ1) is 9.10. The molecule has 0 aromatic heterocycles. The van der Waals surface area contributed by atoms with Gasteiger partial charge >= 0.3 is 0 Å². The second-order valence-electron chi connectivity index (χ2n) is 3.93. The molecule has 0 radical (unpaired) electrons. The minimum absolute atomic E-state index is 0.172. The van der Waals surface area contributed by atoms with Gasteiger partial charge < -0.3 is 11.1 Å². The highest BCUT2D eigenvalue weighted by Crippen LogP contribution is 2.25. The van der Waals surface area contributed by atoms with E-state index in [9.17, 15) is 4.79 Å². The molecule has 98 valence electrons. The third-order valence-electron chi connectivity index (χ3n) is 2.54. The molecule has 2 aromatic carbocycles. The van der Waals surface area contributed by atoms with E-state index in [-0.39, 0.29) is 5.91 Å². The summed E-state index contributed by atoms with van der Waals surface area (Å²) in [6.07, 6.45) is 1.97. The lowest BCUT2D eigenvalue weighted by Crippen LogP contribution is -2.12. The van der Waals surface area contributed by atoms with Crippen molar-refractivity contribution in [2.45, 2.75) is 4.90 Å². The van der Waals surface area contributed by atoms with Crippen molar-refractivity contribution in [3.8, 4) is 0 Å². The van der Waals surface area contributed by atoms with E-state index in [1.54, 1.807) is 30.0 Å². The maximum atomic E-state index is 12.2. The second kappa shape index (κ2) is 6.12. The number of nitrogen functional groups attached to an aromatic ring is 1. The van der Waals surface area contributed by atoms with Crippen LogP contribution in [0.5, 0.6) is 0 Å². The third-order valence-corrected chi connectivity index (χ3v) is 3.79. The molecule has 1 amide bonds. The molecule has 0 saturated heterocycles. The van der Waals surface area contributed by atoms with E-state index in [2.05, 4.69) is 21.2 Å². The molecular weight excluding hydrogens is 324 g/mol. The van der Waals surface area contributed by atoms with Gasteiger partial charge in [0, 0.05) is 20.6 Å². The zero-order valence-corrected chi connectivity index (χ0v) is 12.7. The molecule has 19 heavy (non-hydrogen) atoms. The Balaban J connectivity index is 2.25. The van der Waals surface area contributed by atoms with E-state index in [1.807, 2.05) is 30.5 Å². The number of thioether (sulfide) groups is 1. The number of anilines is 2. The van der Waals surface area contributed by atoms with Crippen LogP contribution in [-0.2, 0) is 0 Å². The average molecular weight is 337 g/mol. The van der Waals surface area contributed by atoms with E-state index in [0.29, 0.717) is 11.3 Å². The van der Waals surface area contributed by atoms with Crippen molar-refractivity contribution in [1.82, 2.24) is 0 Å². The number of halogens is 1. The van der Waals surface area contributed by atoms with Crippen LogP contribution >= 0.6 is 27.7 Å². The van der Waals surface area contributed by atoms with Gasteiger partial charge in [-0.15, -0.1) is 11.8 Å². The Labute approximate surface area is 124 Å². The molecule has 0 fully saturated rings. The monoisotopic (exact) mass is 336 g/mol. The largest absolute Gasteiger partial charge is 0.399 e. The molecule has 0 aliphatic heterocycles. The number of carbonyl (C=O) groups is 1. The summed E-state index contributed by atoms with van der Waals surface area (Å²) in [5.74, 6) is -0.172. The zero-order valence-electron chi connectivity index (χ0n) is 10.3. The smallest absolute Gasteiger partial charge is 0.255 e. The molecule has 0 atom stereocenters. The van der Waals surface area contributed by atoms with Crippen LogP contribution in [0.15, 0.2) is 51.8 Å². The quantitative estimate of drug-likeness (QED) is 0.657. The molecule has 0 heterocycles. The van der Waals surface area contributed by atoms with Crippen LogP contribution < -0.4 is 11.1 Å². The zero-order chi connectivity index (χ0) is 13.8. The maximum absolute atomic E-state index is 12.2. The van der Waals surface area contributed by atoms with Gasteiger partial charge in [-0.3, -0.25) is 4.79 Å². The van der Waals surface area contributed by atoms with Crippen LogP contribution in [0.25, 0.3) is 0 Å². The summed E-state index contributed by atoms with van der Waals surface area (Å²) in [4.78, 5) is 13.2. The highest BCUT2D eigenvalue weighted by Gasteiger charge is 2.09. The van der Waals surface area contributed by atoms with Gasteiger partial charge in [-0.2, -0.15) is 0 Å². The van der Waals surface area contributed by atoms with E-state index in [0.717, 1.165) is 15.1 Å². The Morgan fingerprint density at radius 1 is 1.26 bits per heavy atom. The third kappa shape index (κ3) is 3.52. The number of nitrogens with two attached hydrogens (primary N) is 1. The average Bonchev–Trinajstić information content (AvgIpc) is 2.38. The van der Waals surface area contributed by atoms with Gasteiger partial charge in [0.2, 0.25) is 0 Å². The van der Waals surface area contributed by atoms with Crippen molar-refractivity contribution >= 4 is 45.0 Å². The minimum atomic E-state index is -0.172. The van der Waals surface area contributed by atoms with Crippen LogP contribution in [0, 0.1) is 0 Å². The van der Waals surface area contributed by atoms with E-state index in [1.165, 1.54) is 0 Å². The topological polar surface area (TPSA) is 55.1 Å². The number of hydrogen-bond donors (Lipinski definition) is 2. The van der Waals surface area contributed by atoms with Gasteiger partial charge in [0.05, 0.1) is 5.69 Å². The van der Waals surface area contributed by atoms with E-state index in [4.69, 9.17) is 5.73 Å². The highest BCUT2D eigenvalue weighted by atomic mass is 79.9. The standard InChI is InChI=1S/C14H13BrN2OS/c1-19-13-5-3-2-4-12(13)17-14(18)9-6-10(15)8-11(16)7-9/h2-8H,16H2,1H3,(H,17,18). The summed E-state index contributed by atoms with van der Waals surface area (Å²) in [6.45, 7) is 0. The van der Waals surface area contributed by atoms with Crippen LogP contribution in [0.3, 0.4) is 0 Å². The summed E-state index contributed by atoms with van der Waals surface area (Å²) in [7, 11) is 0. The normalized spacial score (nSPS) is 10.2. The van der Waals surface area contributed by atoms with Crippen molar-refractivity contribution in [3.05, 3.63) is 52.5 Å². The molecule has 5 heteroatoms. The Morgan fingerprint density at radius 2 is 2.00 bits per heavy atom. The number of benzene rings is 2. The first-order valence-electron chi connectivity index (χ1n) is 5.60. The Kier molecular flexibility index (Phi) is 4.50. The van der Waals surface area contributed by atoms with Crippen LogP contribution in [0.1, 0.15) is 10.4 Å². The molecular formula is C14H13BrN2OS. The predicted octanol–water partition coefficient (Wildman–Crippen LogP) is 4.01. The van der Waals surface area contributed by atoms with Crippen molar-refractivity contribution < 1.29 is 4.79 Å². The minimum Gasteiger partial charge on any atom is -0.399 e. The van der Waals surface area contributed by atoms with E-state index >= 15 is 0 Å². The molecule has 2 rings (SSSR count). The fraction of sp³-hybridized carbons (Fsp3) is 0.0714. The number of carbonyl (C=O) groups excluding carboxylic acids is 1. The lowest BCUT2D eigenvalue weighted by Gasteiger charge is -2.09. The maximum Gasteiger partial charge on any atom is 0.255 e. The summed E-state index contributed by atoms with van der Waals surface area (Å²) < 4.78 is 0.788. The van der Waals surface area contributed by atoms with Crippen molar-refractivity contribution in [2.75, 3.05) is 17.3 Å². The number of para-hydroxylation sites is 1. The molecule has 0 spiro atoms. The van der Waals surface area contributed by atoms with Crippen LogP contribution in [0.4, 0.5) is 11.4 Å². The van der Waals surface area contributed by atoms with Gasteiger partial charge in [-0.25, -0.2) is 0 Å². The number of hydrogen-bond acceptors (Lipinski definition) is 3. The summed E-state index contributed by atoms with van der Waals surface area (Å²) in [6, 6.07) is 12.8. The van der Waals surface area contributed by atoms with Gasteiger partial charge in [-0.1, -0.05) is 28.1 Å². The number of amides is 1. The predicted molar refractivity (Wildman–Crippen MR) is 84.7 cm³/mol. The highest BCUT2D eigenvalue weighted by molar-refractivity contribution is 9.10. The molecule has 0 bridgehead atoms. The second-order valence-corrected chi connectivity index (χ2v) is 5.69. The molecule has 0 saturated carbocycles. The van der Waals surface area contributed by atoms with Crippen molar-refractivity contribution in [1.29, 1.82) is 0 Å². The van der Waals surface area contributed by atoms with Crippen molar-refractivity contribution in [2.24, 2.45) is 0 Å². The Morgan fingerprint density at radius 3 is 2.68 bits per heavy atom. The number of nitrogens with one attached hydrogen (secondary N) is 1. The molecule has 3 nitrogen and oxygen atoms in total. The van der Waals surface area contributed by atoms with Crippen LogP contribution in [0.2, 0.25) is 0 Å². The Hall–Kier alpha value is -1.46. The first kappa shape index (κ1) is 14.0. The summed E-state index contributed by atoms with van der Waals surface area (Å²) in [5.41, 5.74) is 7.62. The van der Waals surface area contributed by atoms with Gasteiger partial charge in [-0.05, 0) is 36.6 Å². The summed E-state index contributed by atoms with van der Waals surface area (Å²) >= 11 is 4.92. The number of rotatable bonds is 3. The lowest BCUT2D eigenvalue weighted by atomic mass is 10.2. The molecule has 0 aliphatic carbocycles. The SMILES string of the molecule is CSc1ccccc1NC(=O)c1cc(N)cc(Br)c1. The fourth-order valence-electron chi connectivity index (χ4n) is 1.69. The summed E-state index contributed by atoms with van der Waals surface area (Å²) in [5, 5.41) is 2.90. The van der Waals surface area contributed by atoms with E-state index < -0.39 is 0 Å². The molecule has 3 N–H and O–H groups in total. The molecule has 0 unspecified atom stereocenters. The first-order valence-corrected chi connectivity index (χ1v) is 7.62.